The number of nitrogens with zero attached hydrogens (tertiary/aromatic N) is 2. The van der Waals surface area contributed by atoms with Crippen LogP contribution in [-0.4, -0.2) is 34.8 Å². The summed E-state index contributed by atoms with van der Waals surface area (Å²) in [6.07, 6.45) is 1.03. The van der Waals surface area contributed by atoms with Crippen LogP contribution in [0.1, 0.15) is 13.3 Å². The summed E-state index contributed by atoms with van der Waals surface area (Å²) in [5, 5.41) is 3.51. The first-order chi connectivity index (χ1) is 12.8. The van der Waals surface area contributed by atoms with E-state index in [0.29, 0.717) is 13.3 Å². The topological polar surface area (TPSA) is 53.4 Å². The van der Waals surface area contributed by atoms with Gasteiger partial charge in [0.25, 0.3) is 5.56 Å². The monoisotopic (exact) mass is 388 g/mol. The summed E-state index contributed by atoms with van der Waals surface area (Å²) in [6, 6.07) is 10.0. The number of aromatic nitrogens is 2. The van der Waals surface area contributed by atoms with Gasteiger partial charge in [0.05, 0.1) is 18.1 Å². The molecule has 3 heterocycles. The second-order valence-electron chi connectivity index (χ2n) is 6.05. The van der Waals surface area contributed by atoms with Crippen molar-refractivity contribution in [1.82, 2.24) is 9.55 Å². The van der Waals surface area contributed by atoms with Crippen LogP contribution in [0.4, 0.5) is 0 Å². The third-order valence-corrected chi connectivity index (χ3v) is 6.41. The molecule has 1 aliphatic rings. The van der Waals surface area contributed by atoms with E-state index in [9.17, 15) is 4.79 Å². The van der Waals surface area contributed by atoms with Crippen molar-refractivity contribution >= 4 is 33.3 Å². The summed E-state index contributed by atoms with van der Waals surface area (Å²) in [5.41, 5.74) is 2.05. The van der Waals surface area contributed by atoms with Gasteiger partial charge in [0.1, 0.15) is 11.6 Å². The van der Waals surface area contributed by atoms with Gasteiger partial charge in [-0.25, -0.2) is 4.98 Å². The highest BCUT2D eigenvalue weighted by atomic mass is 32.2. The maximum Gasteiger partial charge on any atom is 0.263 e. The standard InChI is InChI=1S/C19H20N2O3S2/c1-2-21-18(22)16-15(13-6-4-3-5-7-13)11-25-17(16)20-19(21)26-10-14-8-9-23-12-24-14/h3-7,11,14H,2,8-10,12H2,1H3/t14-/m1/s1. The molecule has 0 radical (unpaired) electrons. The molecule has 0 bridgehead atoms. The number of thiophene rings is 1. The van der Waals surface area contributed by atoms with Gasteiger partial charge in [0.15, 0.2) is 5.16 Å². The molecule has 3 aromatic rings. The lowest BCUT2D eigenvalue weighted by Gasteiger charge is -2.22. The molecular weight excluding hydrogens is 368 g/mol. The summed E-state index contributed by atoms with van der Waals surface area (Å²) < 4.78 is 12.6. The summed E-state index contributed by atoms with van der Waals surface area (Å²) >= 11 is 3.12. The van der Waals surface area contributed by atoms with Crippen LogP contribution in [0.2, 0.25) is 0 Å². The molecule has 0 N–H and O–H groups in total. The third kappa shape index (κ3) is 3.44. The Morgan fingerprint density at radius 2 is 2.19 bits per heavy atom. The maximum absolute atomic E-state index is 13.2. The third-order valence-electron chi connectivity index (χ3n) is 4.43. The molecule has 0 spiro atoms. The van der Waals surface area contributed by atoms with Gasteiger partial charge < -0.3 is 9.47 Å². The van der Waals surface area contributed by atoms with Gasteiger partial charge >= 0.3 is 0 Å². The molecule has 136 valence electrons. The van der Waals surface area contributed by atoms with Gasteiger partial charge in [-0.3, -0.25) is 9.36 Å². The zero-order valence-corrected chi connectivity index (χ0v) is 16.1. The first-order valence-corrected chi connectivity index (χ1v) is 10.5. The zero-order chi connectivity index (χ0) is 17.9. The van der Waals surface area contributed by atoms with E-state index in [1.54, 1.807) is 16.3 Å². The van der Waals surface area contributed by atoms with Gasteiger partial charge in [-0.15, -0.1) is 11.3 Å². The number of hydrogen-bond acceptors (Lipinski definition) is 6. The number of rotatable bonds is 5. The zero-order valence-electron chi connectivity index (χ0n) is 14.5. The van der Waals surface area contributed by atoms with Gasteiger partial charge in [-0.05, 0) is 18.9 Å². The minimum Gasteiger partial charge on any atom is -0.355 e. The number of thioether (sulfide) groups is 1. The lowest BCUT2D eigenvalue weighted by atomic mass is 10.1. The van der Waals surface area contributed by atoms with Crippen molar-refractivity contribution in [3.63, 3.8) is 0 Å². The molecule has 1 aromatic carbocycles. The smallest absolute Gasteiger partial charge is 0.263 e. The summed E-state index contributed by atoms with van der Waals surface area (Å²) in [7, 11) is 0. The summed E-state index contributed by atoms with van der Waals surface area (Å²) in [4.78, 5) is 18.7. The van der Waals surface area contributed by atoms with Crippen molar-refractivity contribution in [1.29, 1.82) is 0 Å². The molecule has 26 heavy (non-hydrogen) atoms. The van der Waals surface area contributed by atoms with E-state index < -0.39 is 0 Å². The van der Waals surface area contributed by atoms with E-state index in [0.717, 1.165) is 45.3 Å². The van der Waals surface area contributed by atoms with Gasteiger partial charge in [0.2, 0.25) is 0 Å². The molecule has 7 heteroatoms. The van der Waals surface area contributed by atoms with Crippen LogP contribution in [0.25, 0.3) is 21.3 Å². The number of ether oxygens (including phenoxy) is 2. The number of benzene rings is 1. The predicted octanol–water partition coefficient (Wildman–Crippen LogP) is 4.00. The number of fused-ring (bicyclic) bond motifs is 1. The largest absolute Gasteiger partial charge is 0.355 e. The first-order valence-electron chi connectivity index (χ1n) is 8.67. The SMILES string of the molecule is CCn1c(SC[C@H]2CCOCO2)nc2scc(-c3ccccc3)c2c1=O. The van der Waals surface area contributed by atoms with Gasteiger partial charge in [-0.2, -0.15) is 0 Å². The Hall–Kier alpha value is -1.67. The van der Waals surface area contributed by atoms with E-state index >= 15 is 0 Å². The minimum atomic E-state index is 0.0352. The van der Waals surface area contributed by atoms with Crippen molar-refractivity contribution < 1.29 is 9.47 Å². The van der Waals surface area contributed by atoms with Crippen LogP contribution in [0.15, 0.2) is 45.7 Å². The Balaban J connectivity index is 1.70. The first kappa shape index (κ1) is 17.7. The van der Waals surface area contributed by atoms with Crippen molar-refractivity contribution in [2.45, 2.75) is 31.1 Å². The molecule has 0 aliphatic carbocycles. The van der Waals surface area contributed by atoms with Crippen LogP contribution in [0, 0.1) is 0 Å². The van der Waals surface area contributed by atoms with E-state index in [2.05, 4.69) is 0 Å². The molecule has 1 fully saturated rings. The number of hydrogen-bond donors (Lipinski definition) is 0. The molecule has 2 aromatic heterocycles. The van der Waals surface area contributed by atoms with Crippen LogP contribution < -0.4 is 5.56 Å². The molecule has 0 saturated carbocycles. The molecule has 0 amide bonds. The lowest BCUT2D eigenvalue weighted by molar-refractivity contribution is -0.130. The lowest BCUT2D eigenvalue weighted by Crippen LogP contribution is -2.27. The molecule has 1 aliphatic heterocycles. The van der Waals surface area contributed by atoms with Crippen molar-refractivity contribution in [2.75, 3.05) is 19.2 Å². The fourth-order valence-corrected chi connectivity index (χ4v) is 5.14. The van der Waals surface area contributed by atoms with Crippen molar-refractivity contribution in [3.8, 4) is 11.1 Å². The van der Waals surface area contributed by atoms with Gasteiger partial charge in [-0.1, -0.05) is 42.1 Å². The highest BCUT2D eigenvalue weighted by Gasteiger charge is 2.19. The van der Waals surface area contributed by atoms with E-state index in [1.165, 1.54) is 11.3 Å². The Bertz CT molecular complexity index is 947. The molecule has 5 nitrogen and oxygen atoms in total. The molecule has 1 saturated heterocycles. The predicted molar refractivity (Wildman–Crippen MR) is 106 cm³/mol. The maximum atomic E-state index is 13.2. The highest BCUT2D eigenvalue weighted by molar-refractivity contribution is 7.99. The second-order valence-corrected chi connectivity index (χ2v) is 7.90. The molecule has 4 rings (SSSR count). The van der Waals surface area contributed by atoms with Crippen molar-refractivity contribution in [2.24, 2.45) is 0 Å². The van der Waals surface area contributed by atoms with Crippen molar-refractivity contribution in [3.05, 3.63) is 46.1 Å². The Morgan fingerprint density at radius 1 is 1.35 bits per heavy atom. The summed E-state index contributed by atoms with van der Waals surface area (Å²) in [6.45, 7) is 3.66. The van der Waals surface area contributed by atoms with E-state index in [1.807, 2.05) is 42.6 Å². The highest BCUT2D eigenvalue weighted by Crippen LogP contribution is 2.32. The fourth-order valence-electron chi connectivity index (χ4n) is 3.03. The second kappa shape index (κ2) is 7.92. The Morgan fingerprint density at radius 3 is 2.92 bits per heavy atom. The molecule has 1 atom stereocenters. The van der Waals surface area contributed by atoms with Crippen LogP contribution in [0.5, 0.6) is 0 Å². The average Bonchev–Trinajstić information content (AvgIpc) is 3.12. The van der Waals surface area contributed by atoms with Crippen LogP contribution in [-0.2, 0) is 16.0 Å². The normalized spacial score (nSPS) is 17.7. The molecular formula is C19H20N2O3S2. The average molecular weight is 389 g/mol. The summed E-state index contributed by atoms with van der Waals surface area (Å²) in [5.74, 6) is 0.776. The van der Waals surface area contributed by atoms with E-state index in [4.69, 9.17) is 14.5 Å². The van der Waals surface area contributed by atoms with Crippen LogP contribution in [0.3, 0.4) is 0 Å². The minimum absolute atomic E-state index is 0.0352. The van der Waals surface area contributed by atoms with Gasteiger partial charge in [0, 0.05) is 23.2 Å². The Kier molecular flexibility index (Phi) is 5.40. The van der Waals surface area contributed by atoms with Crippen LogP contribution >= 0.6 is 23.1 Å². The fraction of sp³-hybridized carbons (Fsp3) is 0.368. The molecule has 0 unspecified atom stereocenters. The Labute approximate surface area is 160 Å². The quantitative estimate of drug-likeness (QED) is 0.488. The van der Waals surface area contributed by atoms with E-state index in [-0.39, 0.29) is 11.7 Å².